The van der Waals surface area contributed by atoms with E-state index >= 15 is 0 Å². The summed E-state index contributed by atoms with van der Waals surface area (Å²) in [6, 6.07) is 4.76. The van der Waals surface area contributed by atoms with Gasteiger partial charge >= 0.3 is 0 Å². The Morgan fingerprint density at radius 1 is 1.48 bits per heavy atom. The van der Waals surface area contributed by atoms with Gasteiger partial charge in [-0.1, -0.05) is 12.5 Å². The highest BCUT2D eigenvalue weighted by Gasteiger charge is 2.28. The Balaban J connectivity index is 1.80. The van der Waals surface area contributed by atoms with E-state index in [-0.39, 0.29) is 12.6 Å². The van der Waals surface area contributed by atoms with Crippen molar-refractivity contribution in [2.45, 2.75) is 51.7 Å². The molecule has 0 radical (unpaired) electrons. The fourth-order valence-corrected chi connectivity index (χ4v) is 3.72. The lowest BCUT2D eigenvalue weighted by Crippen LogP contribution is -2.46. The highest BCUT2D eigenvalue weighted by molar-refractivity contribution is 7.13. The molecule has 1 aliphatic heterocycles. The zero-order valence-electron chi connectivity index (χ0n) is 12.6. The van der Waals surface area contributed by atoms with Crippen LogP contribution in [0.3, 0.4) is 0 Å². The Hall–Kier alpha value is -1.17. The molecule has 0 saturated carbocycles. The zero-order chi connectivity index (χ0) is 14.8. The van der Waals surface area contributed by atoms with E-state index in [4.69, 9.17) is 4.42 Å². The van der Waals surface area contributed by atoms with Crippen molar-refractivity contribution < 1.29 is 9.52 Å². The minimum Gasteiger partial charge on any atom is -0.440 e. The maximum Gasteiger partial charge on any atom is 0.236 e. The molecule has 1 aliphatic rings. The lowest BCUT2D eigenvalue weighted by molar-refractivity contribution is 0.0440. The largest absolute Gasteiger partial charge is 0.440 e. The number of rotatable bonds is 4. The van der Waals surface area contributed by atoms with Crippen LogP contribution in [0.15, 0.2) is 21.9 Å². The van der Waals surface area contributed by atoms with Crippen molar-refractivity contribution in [3.05, 3.63) is 29.0 Å². The summed E-state index contributed by atoms with van der Waals surface area (Å²) in [6.45, 7) is 5.19. The maximum absolute atomic E-state index is 9.60. The normalized spacial score (nSPS) is 23.6. The second-order valence-electron chi connectivity index (χ2n) is 5.79. The minimum absolute atomic E-state index is 0.221. The van der Waals surface area contributed by atoms with Gasteiger partial charge in [0.15, 0.2) is 0 Å². The first kappa shape index (κ1) is 14.8. The van der Waals surface area contributed by atoms with Crippen molar-refractivity contribution >= 4 is 11.3 Å². The molecule has 0 bridgehead atoms. The van der Waals surface area contributed by atoms with Gasteiger partial charge in [-0.2, -0.15) is 0 Å². The molecule has 4 nitrogen and oxygen atoms in total. The van der Waals surface area contributed by atoms with Gasteiger partial charge in [0.25, 0.3) is 0 Å². The monoisotopic (exact) mass is 306 g/mol. The number of aromatic nitrogens is 1. The number of thiophene rings is 1. The third kappa shape index (κ3) is 3.05. The number of hydrogen-bond donors (Lipinski definition) is 1. The van der Waals surface area contributed by atoms with Crippen LogP contribution < -0.4 is 0 Å². The van der Waals surface area contributed by atoms with E-state index in [0.29, 0.717) is 11.9 Å². The SMILES string of the molecule is Cc1oc(-c2cccs2)nc1CN1C(C)CCCC1CO. The van der Waals surface area contributed by atoms with Crippen molar-refractivity contribution in [3.63, 3.8) is 0 Å². The Kier molecular flexibility index (Phi) is 4.42. The first-order valence-corrected chi connectivity index (χ1v) is 8.43. The van der Waals surface area contributed by atoms with Gasteiger partial charge in [-0.25, -0.2) is 4.98 Å². The Morgan fingerprint density at radius 3 is 3.05 bits per heavy atom. The topological polar surface area (TPSA) is 49.5 Å². The standard InChI is InChI=1S/C16H22N2O2S/c1-11-5-3-6-13(10-19)18(11)9-14-12(2)20-16(17-14)15-7-4-8-21-15/h4,7-8,11,13,19H,3,5-6,9-10H2,1-2H3. The Morgan fingerprint density at radius 2 is 2.33 bits per heavy atom. The summed E-state index contributed by atoms with van der Waals surface area (Å²) in [5.74, 6) is 1.59. The quantitative estimate of drug-likeness (QED) is 0.940. The fraction of sp³-hybridized carbons (Fsp3) is 0.562. The molecular weight excluding hydrogens is 284 g/mol. The summed E-state index contributed by atoms with van der Waals surface area (Å²) in [6.07, 6.45) is 3.45. The van der Waals surface area contributed by atoms with E-state index in [9.17, 15) is 5.11 Å². The van der Waals surface area contributed by atoms with Crippen LogP contribution in [0.25, 0.3) is 10.8 Å². The zero-order valence-corrected chi connectivity index (χ0v) is 13.4. The molecule has 114 valence electrons. The van der Waals surface area contributed by atoms with Gasteiger partial charge in [-0.3, -0.25) is 4.90 Å². The molecule has 2 unspecified atom stereocenters. The summed E-state index contributed by atoms with van der Waals surface area (Å²) in [7, 11) is 0. The molecule has 1 saturated heterocycles. The third-order valence-corrected chi connectivity index (χ3v) is 5.22. The molecule has 0 amide bonds. The molecule has 1 N–H and O–H groups in total. The third-order valence-electron chi connectivity index (χ3n) is 4.36. The van der Waals surface area contributed by atoms with Gasteiger partial charge in [0.05, 0.1) is 17.2 Å². The predicted molar refractivity (Wildman–Crippen MR) is 84.3 cm³/mol. The highest BCUT2D eigenvalue weighted by atomic mass is 32.1. The van der Waals surface area contributed by atoms with Crippen molar-refractivity contribution in [1.82, 2.24) is 9.88 Å². The Bertz CT molecular complexity index is 579. The minimum atomic E-state index is 0.221. The summed E-state index contributed by atoms with van der Waals surface area (Å²) in [4.78, 5) is 8.10. The molecule has 2 aromatic heterocycles. The number of aryl methyl sites for hydroxylation is 1. The van der Waals surface area contributed by atoms with Gasteiger partial charge in [0.2, 0.25) is 5.89 Å². The molecule has 2 aromatic rings. The molecule has 2 atom stereocenters. The molecule has 5 heteroatoms. The molecule has 3 heterocycles. The Labute approximate surface area is 129 Å². The average Bonchev–Trinajstić information content (AvgIpc) is 3.11. The van der Waals surface area contributed by atoms with Crippen molar-refractivity contribution in [1.29, 1.82) is 0 Å². The van der Waals surface area contributed by atoms with Crippen LogP contribution in [-0.2, 0) is 6.54 Å². The first-order valence-electron chi connectivity index (χ1n) is 7.56. The van der Waals surface area contributed by atoms with Gasteiger partial charge in [-0.15, -0.1) is 11.3 Å². The molecule has 1 fully saturated rings. The number of piperidine rings is 1. The van der Waals surface area contributed by atoms with Gasteiger partial charge in [-0.05, 0) is 38.1 Å². The summed E-state index contributed by atoms with van der Waals surface area (Å²) in [5, 5.41) is 11.6. The molecule has 0 spiro atoms. The fourth-order valence-electron chi connectivity index (χ4n) is 3.07. The number of likely N-dealkylation sites (tertiary alicyclic amines) is 1. The smallest absolute Gasteiger partial charge is 0.236 e. The second kappa shape index (κ2) is 6.30. The van der Waals surface area contributed by atoms with E-state index in [2.05, 4.69) is 16.8 Å². The van der Waals surface area contributed by atoms with Crippen LogP contribution in [0.5, 0.6) is 0 Å². The van der Waals surface area contributed by atoms with Crippen LogP contribution in [0.2, 0.25) is 0 Å². The second-order valence-corrected chi connectivity index (χ2v) is 6.74. The summed E-state index contributed by atoms with van der Waals surface area (Å²) in [5.41, 5.74) is 0.991. The average molecular weight is 306 g/mol. The van der Waals surface area contributed by atoms with Crippen LogP contribution in [0, 0.1) is 6.92 Å². The summed E-state index contributed by atoms with van der Waals surface area (Å²) >= 11 is 1.64. The van der Waals surface area contributed by atoms with Crippen LogP contribution in [0.1, 0.15) is 37.6 Å². The van der Waals surface area contributed by atoms with Crippen LogP contribution >= 0.6 is 11.3 Å². The van der Waals surface area contributed by atoms with Gasteiger partial charge in [0.1, 0.15) is 5.76 Å². The molecule has 3 rings (SSSR count). The van der Waals surface area contributed by atoms with E-state index in [1.165, 1.54) is 12.8 Å². The number of nitrogens with zero attached hydrogens (tertiary/aromatic N) is 2. The number of aliphatic hydroxyl groups is 1. The molecule has 0 aromatic carbocycles. The van der Waals surface area contributed by atoms with Crippen molar-refractivity contribution in [2.24, 2.45) is 0 Å². The van der Waals surface area contributed by atoms with Crippen LogP contribution in [0.4, 0.5) is 0 Å². The predicted octanol–water partition coefficient (Wildman–Crippen LogP) is 3.45. The number of aliphatic hydroxyl groups excluding tert-OH is 1. The van der Waals surface area contributed by atoms with Crippen molar-refractivity contribution in [3.8, 4) is 10.8 Å². The lowest BCUT2D eigenvalue weighted by Gasteiger charge is -2.39. The van der Waals surface area contributed by atoms with E-state index in [1.807, 2.05) is 24.4 Å². The lowest BCUT2D eigenvalue weighted by atomic mass is 9.96. The molecule has 0 aliphatic carbocycles. The number of hydrogen-bond acceptors (Lipinski definition) is 5. The van der Waals surface area contributed by atoms with Crippen LogP contribution in [-0.4, -0.2) is 33.7 Å². The first-order chi connectivity index (χ1) is 10.2. The van der Waals surface area contributed by atoms with E-state index < -0.39 is 0 Å². The summed E-state index contributed by atoms with van der Waals surface area (Å²) < 4.78 is 5.81. The van der Waals surface area contributed by atoms with E-state index in [0.717, 1.165) is 29.3 Å². The number of oxazole rings is 1. The van der Waals surface area contributed by atoms with Gasteiger partial charge in [0, 0.05) is 18.6 Å². The molecular formula is C16H22N2O2S. The van der Waals surface area contributed by atoms with E-state index in [1.54, 1.807) is 11.3 Å². The molecule has 21 heavy (non-hydrogen) atoms. The van der Waals surface area contributed by atoms with Gasteiger partial charge < -0.3 is 9.52 Å². The highest BCUT2D eigenvalue weighted by Crippen LogP contribution is 2.29. The van der Waals surface area contributed by atoms with Crippen molar-refractivity contribution in [2.75, 3.05) is 6.61 Å². The maximum atomic E-state index is 9.60.